The highest BCUT2D eigenvalue weighted by Crippen LogP contribution is 2.28. The number of carbonyl (C=O) groups is 2. The van der Waals surface area contributed by atoms with Crippen LogP contribution in [0.1, 0.15) is 26.5 Å². The number of carboxylic acid groups (broad SMARTS) is 1. The number of ether oxygens (including phenoxy) is 1. The number of carbonyl (C=O) groups excluding carboxylic acids is 1. The molecular formula is C16H17NO5. The molecule has 0 spiro atoms. The van der Waals surface area contributed by atoms with E-state index in [0.29, 0.717) is 22.4 Å². The van der Waals surface area contributed by atoms with Gasteiger partial charge in [0.1, 0.15) is 16.9 Å². The van der Waals surface area contributed by atoms with E-state index < -0.39 is 17.7 Å². The van der Waals surface area contributed by atoms with Crippen LogP contribution in [0.5, 0.6) is 0 Å². The maximum absolute atomic E-state index is 11.8. The van der Waals surface area contributed by atoms with Gasteiger partial charge in [-0.1, -0.05) is 6.07 Å². The van der Waals surface area contributed by atoms with Crippen LogP contribution in [0.3, 0.4) is 0 Å². The van der Waals surface area contributed by atoms with E-state index in [4.69, 9.17) is 14.3 Å². The molecule has 22 heavy (non-hydrogen) atoms. The van der Waals surface area contributed by atoms with Gasteiger partial charge in [-0.3, -0.25) is 5.32 Å². The number of hydrogen-bond acceptors (Lipinski definition) is 4. The van der Waals surface area contributed by atoms with Crippen LogP contribution in [0.15, 0.2) is 34.8 Å². The summed E-state index contributed by atoms with van der Waals surface area (Å²) in [6.45, 7) is 5.33. The summed E-state index contributed by atoms with van der Waals surface area (Å²) in [7, 11) is 0. The zero-order valence-corrected chi connectivity index (χ0v) is 12.5. The summed E-state index contributed by atoms with van der Waals surface area (Å²) in [5, 5.41) is 12.0. The minimum atomic E-state index is -1.06. The van der Waals surface area contributed by atoms with Gasteiger partial charge >= 0.3 is 12.1 Å². The van der Waals surface area contributed by atoms with Crippen molar-refractivity contribution in [2.24, 2.45) is 0 Å². The minimum absolute atomic E-state index is 0.385. The van der Waals surface area contributed by atoms with Gasteiger partial charge in [0, 0.05) is 11.5 Å². The van der Waals surface area contributed by atoms with Gasteiger partial charge in [0.05, 0.1) is 5.69 Å². The average Bonchev–Trinajstić information content (AvgIpc) is 2.78. The fourth-order valence-electron chi connectivity index (χ4n) is 1.84. The first-order valence-corrected chi connectivity index (χ1v) is 6.68. The molecule has 116 valence electrons. The fourth-order valence-corrected chi connectivity index (χ4v) is 1.84. The number of carboxylic acids is 1. The largest absolute Gasteiger partial charge is 0.478 e. The topological polar surface area (TPSA) is 88.8 Å². The molecule has 0 aliphatic rings. The van der Waals surface area contributed by atoms with Crippen molar-refractivity contribution in [3.05, 3.63) is 36.1 Å². The lowest BCUT2D eigenvalue weighted by atomic mass is 10.2. The monoisotopic (exact) mass is 303 g/mol. The molecule has 6 heteroatoms. The van der Waals surface area contributed by atoms with Crippen molar-refractivity contribution in [3.8, 4) is 0 Å². The zero-order valence-electron chi connectivity index (χ0n) is 12.5. The van der Waals surface area contributed by atoms with Crippen molar-refractivity contribution in [1.82, 2.24) is 0 Å². The van der Waals surface area contributed by atoms with Crippen LogP contribution >= 0.6 is 0 Å². The quantitative estimate of drug-likeness (QED) is 0.840. The van der Waals surface area contributed by atoms with E-state index in [-0.39, 0.29) is 0 Å². The van der Waals surface area contributed by atoms with Gasteiger partial charge in [-0.25, -0.2) is 9.59 Å². The number of aliphatic carboxylic acids is 1. The van der Waals surface area contributed by atoms with E-state index in [0.717, 1.165) is 6.08 Å². The molecule has 1 amide bonds. The van der Waals surface area contributed by atoms with Crippen LogP contribution in [-0.2, 0) is 9.53 Å². The Morgan fingerprint density at radius 1 is 1.32 bits per heavy atom. The Morgan fingerprint density at radius 2 is 2.05 bits per heavy atom. The van der Waals surface area contributed by atoms with Gasteiger partial charge in [0.2, 0.25) is 0 Å². The summed E-state index contributed by atoms with van der Waals surface area (Å²) >= 11 is 0. The molecule has 0 radical (unpaired) electrons. The second-order valence-corrected chi connectivity index (χ2v) is 5.66. The lowest BCUT2D eigenvalue weighted by molar-refractivity contribution is -0.131. The highest BCUT2D eigenvalue weighted by Gasteiger charge is 2.17. The molecule has 0 aliphatic heterocycles. The maximum Gasteiger partial charge on any atom is 0.412 e. The molecule has 1 aromatic heterocycles. The number of amides is 1. The third kappa shape index (κ3) is 4.12. The normalized spacial score (nSPS) is 11.8. The van der Waals surface area contributed by atoms with Crippen molar-refractivity contribution in [2.45, 2.75) is 26.4 Å². The van der Waals surface area contributed by atoms with Crippen molar-refractivity contribution < 1.29 is 23.8 Å². The Labute approximate surface area is 127 Å². The van der Waals surface area contributed by atoms with Crippen molar-refractivity contribution in [1.29, 1.82) is 0 Å². The lowest BCUT2D eigenvalue weighted by Crippen LogP contribution is -2.27. The predicted molar refractivity (Wildman–Crippen MR) is 82.7 cm³/mol. The molecule has 2 aromatic rings. The second kappa shape index (κ2) is 5.93. The van der Waals surface area contributed by atoms with E-state index in [1.807, 2.05) is 0 Å². The maximum atomic E-state index is 11.8. The molecular weight excluding hydrogens is 286 g/mol. The SMILES string of the molecule is CC(C)(C)OC(=O)Nc1cccc2oc(/C=C/C(=O)O)cc12. The molecule has 1 heterocycles. The molecule has 2 N–H and O–H groups in total. The van der Waals surface area contributed by atoms with Gasteiger partial charge in [-0.2, -0.15) is 0 Å². The zero-order chi connectivity index (χ0) is 16.3. The molecule has 0 atom stereocenters. The molecule has 2 rings (SSSR count). The van der Waals surface area contributed by atoms with Crippen LogP contribution in [0, 0.1) is 0 Å². The summed E-state index contributed by atoms with van der Waals surface area (Å²) in [6, 6.07) is 6.82. The second-order valence-electron chi connectivity index (χ2n) is 5.66. The van der Waals surface area contributed by atoms with Crippen LogP contribution in [0.25, 0.3) is 17.0 Å². The van der Waals surface area contributed by atoms with Crippen LogP contribution in [0.2, 0.25) is 0 Å². The number of hydrogen-bond donors (Lipinski definition) is 2. The van der Waals surface area contributed by atoms with E-state index >= 15 is 0 Å². The highest BCUT2D eigenvalue weighted by molar-refractivity contribution is 5.99. The summed E-state index contributed by atoms with van der Waals surface area (Å²) in [6.07, 6.45) is 1.77. The highest BCUT2D eigenvalue weighted by atomic mass is 16.6. The van der Waals surface area contributed by atoms with Gasteiger partial charge in [0.25, 0.3) is 0 Å². The van der Waals surface area contributed by atoms with Crippen LogP contribution < -0.4 is 5.32 Å². The molecule has 0 aliphatic carbocycles. The van der Waals surface area contributed by atoms with Crippen LogP contribution in [-0.4, -0.2) is 22.8 Å². The summed E-state index contributed by atoms with van der Waals surface area (Å²) in [4.78, 5) is 22.4. The first-order chi connectivity index (χ1) is 10.2. The van der Waals surface area contributed by atoms with Gasteiger partial charge < -0.3 is 14.3 Å². The molecule has 0 unspecified atom stereocenters. The third-order valence-corrected chi connectivity index (χ3v) is 2.61. The summed E-state index contributed by atoms with van der Waals surface area (Å²) in [5.74, 6) is -0.677. The number of fused-ring (bicyclic) bond motifs is 1. The number of benzene rings is 1. The fraction of sp³-hybridized carbons (Fsp3) is 0.250. The Morgan fingerprint density at radius 3 is 2.68 bits per heavy atom. The third-order valence-electron chi connectivity index (χ3n) is 2.61. The lowest BCUT2D eigenvalue weighted by Gasteiger charge is -2.19. The minimum Gasteiger partial charge on any atom is -0.478 e. The Balaban J connectivity index is 2.27. The standard InChI is InChI=1S/C16H17NO5/c1-16(2,3)22-15(20)17-12-5-4-6-13-11(12)9-10(21-13)7-8-14(18)19/h4-9H,1-3H3,(H,17,20)(H,18,19)/b8-7+. The number of furan rings is 1. The molecule has 0 saturated carbocycles. The Bertz CT molecular complexity index is 737. The van der Waals surface area contributed by atoms with E-state index in [2.05, 4.69) is 5.32 Å². The van der Waals surface area contributed by atoms with E-state index in [1.54, 1.807) is 45.0 Å². The Kier molecular flexibility index (Phi) is 4.21. The van der Waals surface area contributed by atoms with Gasteiger partial charge in [-0.05, 0) is 45.0 Å². The summed E-state index contributed by atoms with van der Waals surface area (Å²) < 4.78 is 10.7. The van der Waals surface area contributed by atoms with Crippen molar-refractivity contribution >= 4 is 34.8 Å². The first kappa shape index (κ1) is 15.6. The average molecular weight is 303 g/mol. The molecule has 6 nitrogen and oxygen atoms in total. The van der Waals surface area contributed by atoms with Gasteiger partial charge in [0.15, 0.2) is 0 Å². The molecule has 1 aromatic carbocycles. The number of rotatable bonds is 3. The van der Waals surface area contributed by atoms with Gasteiger partial charge in [-0.15, -0.1) is 0 Å². The predicted octanol–water partition coefficient (Wildman–Crippen LogP) is 3.88. The van der Waals surface area contributed by atoms with E-state index in [9.17, 15) is 9.59 Å². The number of nitrogens with one attached hydrogen (secondary N) is 1. The molecule has 0 fully saturated rings. The number of anilines is 1. The smallest absolute Gasteiger partial charge is 0.412 e. The molecule has 0 bridgehead atoms. The van der Waals surface area contributed by atoms with Crippen molar-refractivity contribution in [3.63, 3.8) is 0 Å². The van der Waals surface area contributed by atoms with Crippen molar-refractivity contribution in [2.75, 3.05) is 5.32 Å². The first-order valence-electron chi connectivity index (χ1n) is 6.68. The summed E-state index contributed by atoms with van der Waals surface area (Å²) in [5.41, 5.74) is 0.480. The molecule has 0 saturated heterocycles. The van der Waals surface area contributed by atoms with E-state index in [1.165, 1.54) is 6.08 Å². The Hall–Kier alpha value is -2.76. The van der Waals surface area contributed by atoms with Crippen LogP contribution in [0.4, 0.5) is 10.5 Å².